The Morgan fingerprint density at radius 2 is 1.70 bits per heavy atom. The Kier molecular flexibility index (Phi) is 12.6. The van der Waals surface area contributed by atoms with Gasteiger partial charge in [-0.3, -0.25) is 28.7 Å². The van der Waals surface area contributed by atoms with E-state index in [1.807, 2.05) is 6.07 Å². The van der Waals surface area contributed by atoms with Crippen LogP contribution >= 0.6 is 0 Å². The summed E-state index contributed by atoms with van der Waals surface area (Å²) in [5, 5.41) is 9.22. The number of hydrogen-bond donors (Lipinski definition) is 3. The number of imidazole rings is 1. The maximum atomic E-state index is 13.7. The summed E-state index contributed by atoms with van der Waals surface area (Å²) in [6.07, 6.45) is 5.21. The zero-order valence-electron chi connectivity index (χ0n) is 35.3. The summed E-state index contributed by atoms with van der Waals surface area (Å²) in [7, 11) is -0.561. The molecule has 3 N–H and O–H groups in total. The van der Waals surface area contributed by atoms with Crippen LogP contribution in [0.3, 0.4) is 0 Å². The fourth-order valence-corrected chi connectivity index (χ4v) is 10.2. The predicted molar refractivity (Wildman–Crippen MR) is 228 cm³/mol. The predicted octanol–water partition coefficient (Wildman–Crippen LogP) is 5.31. The van der Waals surface area contributed by atoms with Crippen molar-refractivity contribution in [1.29, 1.82) is 0 Å². The molecule has 8 rings (SSSR count). The van der Waals surface area contributed by atoms with Crippen LogP contribution in [0, 0.1) is 12.8 Å². The van der Waals surface area contributed by atoms with Crippen LogP contribution in [0.2, 0.25) is 0 Å². The largest absolute Gasteiger partial charge is 0.419 e. The van der Waals surface area contributed by atoms with Crippen LogP contribution in [0.5, 0.6) is 0 Å². The molecule has 336 valence electrons. The van der Waals surface area contributed by atoms with Gasteiger partial charge in [-0.15, -0.1) is 0 Å². The molecule has 20 heteroatoms. The Hall–Kier alpha value is -5.44. The summed E-state index contributed by atoms with van der Waals surface area (Å²) in [4.78, 5) is 48.1. The fourth-order valence-electron chi connectivity index (χ4n) is 9.12. The minimum absolute atomic E-state index is 0.0363. The molecule has 2 aliphatic heterocycles. The molecular formula is C43H51F3N10O6S. The number of rotatable bonds is 13. The third-order valence-electron chi connectivity index (χ3n) is 12.6. The SMILES string of the molecule is Cc1cc(S(=O)(=O)NCCO[C@H]2CC[C@H](CN3CCC(c4ccc5c(c4)n(C)c(=O)n5C4CCC(=O)NC4=O)CC3)CC2)ccc1Nc1ncc(C(F)(F)F)c(-c2cnn(C)c2)n1. The van der Waals surface area contributed by atoms with Gasteiger partial charge in [-0.1, -0.05) is 6.07 Å². The highest BCUT2D eigenvalue weighted by molar-refractivity contribution is 7.89. The minimum atomic E-state index is -4.68. The Morgan fingerprint density at radius 3 is 2.38 bits per heavy atom. The highest BCUT2D eigenvalue weighted by Gasteiger charge is 2.36. The van der Waals surface area contributed by atoms with Crippen molar-refractivity contribution in [2.75, 3.05) is 38.1 Å². The van der Waals surface area contributed by atoms with Gasteiger partial charge in [-0.2, -0.15) is 18.3 Å². The van der Waals surface area contributed by atoms with Gasteiger partial charge in [0.15, 0.2) is 0 Å². The van der Waals surface area contributed by atoms with Crippen LogP contribution in [0.4, 0.5) is 24.8 Å². The van der Waals surface area contributed by atoms with Crippen molar-refractivity contribution in [1.82, 2.24) is 43.8 Å². The number of halogens is 3. The smallest absolute Gasteiger partial charge is 0.377 e. The number of imide groups is 1. The second-order valence-corrected chi connectivity index (χ2v) is 18.6. The van der Waals surface area contributed by atoms with E-state index in [0.29, 0.717) is 41.2 Å². The number of amides is 2. The molecular weight excluding hydrogens is 842 g/mol. The van der Waals surface area contributed by atoms with Gasteiger partial charge in [0.1, 0.15) is 11.6 Å². The quantitative estimate of drug-likeness (QED) is 0.103. The third-order valence-corrected chi connectivity index (χ3v) is 14.0. The molecule has 3 fully saturated rings. The summed E-state index contributed by atoms with van der Waals surface area (Å²) in [5.74, 6) is 0.0872. The lowest BCUT2D eigenvalue weighted by molar-refractivity contribution is -0.138. The monoisotopic (exact) mass is 892 g/mol. The number of hydrogen-bond acceptors (Lipinski definition) is 11. The number of nitrogens with zero attached hydrogens (tertiary/aromatic N) is 7. The topological polar surface area (TPSA) is 187 Å². The van der Waals surface area contributed by atoms with Crippen molar-refractivity contribution < 1.29 is 35.9 Å². The summed E-state index contributed by atoms with van der Waals surface area (Å²) in [6, 6.07) is 9.77. The number of carbonyl (C=O) groups is 2. The number of nitrogens with one attached hydrogen (secondary N) is 3. The van der Waals surface area contributed by atoms with E-state index in [0.717, 1.165) is 63.7 Å². The van der Waals surface area contributed by atoms with E-state index in [1.165, 1.54) is 45.4 Å². The van der Waals surface area contributed by atoms with Gasteiger partial charge >= 0.3 is 11.9 Å². The van der Waals surface area contributed by atoms with E-state index in [2.05, 4.69) is 47.5 Å². The number of aromatic nitrogens is 6. The van der Waals surface area contributed by atoms with E-state index < -0.39 is 33.7 Å². The zero-order valence-corrected chi connectivity index (χ0v) is 36.1. The van der Waals surface area contributed by atoms with Crippen LogP contribution < -0.4 is 21.0 Å². The average Bonchev–Trinajstić information content (AvgIpc) is 3.79. The molecule has 1 saturated carbocycles. The van der Waals surface area contributed by atoms with Crippen molar-refractivity contribution in [3.63, 3.8) is 0 Å². The molecule has 5 heterocycles. The Balaban J connectivity index is 0.766. The van der Waals surface area contributed by atoms with Gasteiger partial charge in [-0.05, 0) is 118 Å². The molecule has 16 nitrogen and oxygen atoms in total. The van der Waals surface area contributed by atoms with E-state index in [4.69, 9.17) is 4.74 Å². The second kappa shape index (κ2) is 18.0. The van der Waals surface area contributed by atoms with E-state index >= 15 is 0 Å². The maximum absolute atomic E-state index is 13.7. The maximum Gasteiger partial charge on any atom is 0.419 e. The lowest BCUT2D eigenvalue weighted by Crippen LogP contribution is -2.44. The summed E-state index contributed by atoms with van der Waals surface area (Å²) < 4.78 is 80.7. The number of alkyl halides is 3. The standard InChI is InChI=1S/C43H51F3N10O6S/c1-26-20-32(9-10-34(26)50-41-47-23-33(43(44,45)46)39(52-41)30-22-48-53(2)25-30)63(60,61)49-16-19-62-31-7-4-27(5-8-31)24-55-17-14-28(15-18-55)29-6-11-35-37(21-29)54(3)42(59)56(35)36-12-13-38(57)51-40(36)58/h6,9-11,20-23,25,27-28,31,36,49H,4-5,7-8,12-19,24H2,1-3H3,(H,47,50,52)(H,51,57,58)/t27-,31-,36?. The van der Waals surface area contributed by atoms with Gasteiger partial charge in [0.2, 0.25) is 27.8 Å². The highest BCUT2D eigenvalue weighted by atomic mass is 32.2. The number of aryl methyl sites for hydroxylation is 3. The fraction of sp³-hybridized carbons (Fsp3) is 0.488. The van der Waals surface area contributed by atoms with Gasteiger partial charge in [-0.25, -0.2) is 27.9 Å². The van der Waals surface area contributed by atoms with Crippen LogP contribution in [-0.4, -0.2) is 92.9 Å². The first-order valence-corrected chi connectivity index (χ1v) is 22.7. The summed E-state index contributed by atoms with van der Waals surface area (Å²) in [6.45, 7) is 4.99. The first kappa shape index (κ1) is 44.2. The van der Waals surface area contributed by atoms with Gasteiger partial charge in [0, 0.05) is 57.3 Å². The van der Waals surface area contributed by atoms with Crippen LogP contribution in [0.1, 0.15) is 80.0 Å². The minimum Gasteiger partial charge on any atom is -0.377 e. The number of anilines is 2. The van der Waals surface area contributed by atoms with Gasteiger partial charge in [0.05, 0.1) is 40.5 Å². The Labute approximate surface area is 362 Å². The first-order chi connectivity index (χ1) is 30.0. The molecule has 0 bridgehead atoms. The summed E-state index contributed by atoms with van der Waals surface area (Å²) >= 11 is 0. The molecule has 63 heavy (non-hydrogen) atoms. The molecule has 3 aromatic heterocycles. The van der Waals surface area contributed by atoms with Gasteiger partial charge in [0.25, 0.3) is 0 Å². The molecule has 1 aliphatic carbocycles. The molecule has 1 atom stereocenters. The number of benzene rings is 2. The lowest BCUT2D eigenvalue weighted by atomic mass is 9.85. The molecule has 3 aliphatic rings. The lowest BCUT2D eigenvalue weighted by Gasteiger charge is -2.36. The normalized spacial score (nSPS) is 20.6. The van der Waals surface area contributed by atoms with Gasteiger partial charge < -0.3 is 15.0 Å². The first-order valence-electron chi connectivity index (χ1n) is 21.2. The van der Waals surface area contributed by atoms with Crippen molar-refractivity contribution in [2.24, 2.45) is 20.0 Å². The van der Waals surface area contributed by atoms with E-state index in [9.17, 15) is 36.0 Å². The van der Waals surface area contributed by atoms with Crippen molar-refractivity contribution in [3.05, 3.63) is 82.2 Å². The average molecular weight is 893 g/mol. The number of fused-ring (bicyclic) bond motifs is 1. The number of likely N-dealkylation sites (tertiary alicyclic amines) is 1. The molecule has 1 unspecified atom stereocenters. The van der Waals surface area contributed by atoms with Crippen molar-refractivity contribution in [2.45, 2.75) is 87.4 Å². The van der Waals surface area contributed by atoms with Crippen LogP contribution in [0.25, 0.3) is 22.3 Å². The Morgan fingerprint density at radius 1 is 0.937 bits per heavy atom. The van der Waals surface area contributed by atoms with Crippen molar-refractivity contribution >= 4 is 44.5 Å². The third kappa shape index (κ3) is 9.73. The number of ether oxygens (including phenoxy) is 1. The Bertz CT molecular complexity index is 2680. The van der Waals surface area contributed by atoms with Crippen LogP contribution in [-0.2, 0) is 44.6 Å². The highest BCUT2D eigenvalue weighted by Crippen LogP contribution is 2.37. The van der Waals surface area contributed by atoms with E-state index in [1.54, 1.807) is 25.6 Å². The molecule has 2 saturated heterocycles. The summed E-state index contributed by atoms with van der Waals surface area (Å²) in [5.41, 5.74) is 2.20. The molecule has 2 aromatic carbocycles. The molecule has 5 aromatic rings. The number of piperidine rings is 2. The van der Waals surface area contributed by atoms with E-state index in [-0.39, 0.29) is 59.4 Å². The second-order valence-electron chi connectivity index (χ2n) is 16.9. The number of sulfonamides is 1. The molecule has 0 radical (unpaired) electrons. The molecule has 0 spiro atoms. The van der Waals surface area contributed by atoms with Crippen molar-refractivity contribution in [3.8, 4) is 11.3 Å². The molecule has 2 amide bonds. The zero-order chi connectivity index (χ0) is 44.6. The number of carbonyl (C=O) groups excluding carboxylic acids is 2. The van der Waals surface area contributed by atoms with Crippen LogP contribution in [0.15, 0.2) is 64.7 Å².